The second-order valence-corrected chi connectivity index (χ2v) is 7.09. The van der Waals surface area contributed by atoms with Crippen LogP contribution in [-0.4, -0.2) is 8.45 Å². The number of hydrogen-bond acceptors (Lipinski definition) is 5. The van der Waals surface area contributed by atoms with Crippen molar-refractivity contribution in [1.82, 2.24) is 0 Å². The molecule has 6 heteroatoms. The van der Waals surface area contributed by atoms with E-state index in [9.17, 15) is 10.1 Å². The van der Waals surface area contributed by atoms with Crippen molar-refractivity contribution in [2.45, 2.75) is 10.6 Å². The molecule has 0 spiro atoms. The lowest BCUT2D eigenvalue weighted by atomic mass is 10.2. The molecule has 0 atom stereocenters. The molecule has 20 heavy (non-hydrogen) atoms. The molecular weight excluding hydrogens is 310 g/mol. The average Bonchev–Trinajstić information content (AvgIpc) is 2.46. The van der Waals surface area contributed by atoms with Crippen LogP contribution in [0.1, 0.15) is 5.56 Å². The number of thioether (sulfide) groups is 2. The van der Waals surface area contributed by atoms with E-state index < -0.39 is 0 Å². The van der Waals surface area contributed by atoms with E-state index in [2.05, 4.69) is 0 Å². The van der Waals surface area contributed by atoms with Crippen molar-refractivity contribution in [1.29, 1.82) is 0 Å². The highest BCUT2D eigenvalue weighted by Crippen LogP contribution is 2.30. The van der Waals surface area contributed by atoms with Crippen LogP contribution in [0.2, 0.25) is 0 Å². The Balaban J connectivity index is 1.96. The van der Waals surface area contributed by atoms with Gasteiger partial charge >= 0.3 is 0 Å². The van der Waals surface area contributed by atoms with Crippen molar-refractivity contribution in [3.63, 3.8) is 0 Å². The van der Waals surface area contributed by atoms with Crippen molar-refractivity contribution in [2.75, 3.05) is 0 Å². The summed E-state index contributed by atoms with van der Waals surface area (Å²) in [4.78, 5) is 11.6. The van der Waals surface area contributed by atoms with Gasteiger partial charge in [0.25, 0.3) is 5.69 Å². The van der Waals surface area contributed by atoms with Gasteiger partial charge in [-0.2, -0.15) is 0 Å². The number of hydrogen-bond donors (Lipinski definition) is 0. The first-order chi connectivity index (χ1) is 9.66. The van der Waals surface area contributed by atoms with Gasteiger partial charge in [0, 0.05) is 22.3 Å². The van der Waals surface area contributed by atoms with E-state index in [-0.39, 0.29) is 10.6 Å². The van der Waals surface area contributed by atoms with Crippen LogP contribution in [0.4, 0.5) is 5.69 Å². The van der Waals surface area contributed by atoms with Gasteiger partial charge in [0.1, 0.15) is 3.53 Å². The van der Waals surface area contributed by atoms with Gasteiger partial charge < -0.3 is 0 Å². The Morgan fingerprint density at radius 2 is 1.75 bits per heavy atom. The zero-order chi connectivity index (χ0) is 14.4. The first-order valence-electron chi connectivity index (χ1n) is 5.79. The smallest absolute Gasteiger partial charge is 0.258 e. The van der Waals surface area contributed by atoms with E-state index in [0.29, 0.717) is 11.3 Å². The zero-order valence-electron chi connectivity index (χ0n) is 10.4. The number of para-hydroxylation sites is 1. The second kappa shape index (κ2) is 7.42. The monoisotopic (exact) mass is 321 g/mol. The Labute approximate surface area is 130 Å². The van der Waals surface area contributed by atoms with Gasteiger partial charge in [-0.3, -0.25) is 10.1 Å². The molecule has 0 aliphatic rings. The Kier molecular flexibility index (Phi) is 5.58. The zero-order valence-corrected chi connectivity index (χ0v) is 12.8. The quantitative estimate of drug-likeness (QED) is 0.346. The summed E-state index contributed by atoms with van der Waals surface area (Å²) in [6.45, 7) is 0. The Hall–Kier alpha value is -1.37. The van der Waals surface area contributed by atoms with E-state index in [1.54, 1.807) is 18.2 Å². The number of rotatable bonds is 4. The van der Waals surface area contributed by atoms with Gasteiger partial charge in [0.15, 0.2) is 0 Å². The van der Waals surface area contributed by atoms with Gasteiger partial charge in [0.2, 0.25) is 0 Å². The maximum atomic E-state index is 10.9. The SMILES string of the molecule is O=[N+]([O-])c1ccccc1CSC(=S)Sc1ccccc1. The summed E-state index contributed by atoms with van der Waals surface area (Å²) < 4.78 is 0.759. The molecule has 102 valence electrons. The van der Waals surface area contributed by atoms with E-state index in [4.69, 9.17) is 12.2 Å². The largest absolute Gasteiger partial charge is 0.273 e. The molecule has 0 fully saturated rings. The molecule has 0 aromatic heterocycles. The molecular formula is C14H11NO2S3. The van der Waals surface area contributed by atoms with Gasteiger partial charge in [-0.25, -0.2) is 0 Å². The first kappa shape index (κ1) is 15.0. The van der Waals surface area contributed by atoms with Crippen molar-refractivity contribution in [3.05, 3.63) is 70.3 Å². The molecule has 2 rings (SSSR count). The minimum Gasteiger partial charge on any atom is -0.258 e. The summed E-state index contributed by atoms with van der Waals surface area (Å²) in [5.74, 6) is 0.510. The highest BCUT2D eigenvalue weighted by atomic mass is 32.2. The predicted molar refractivity (Wildman–Crippen MR) is 89.3 cm³/mol. The number of thiocarbonyl (C=S) groups is 1. The van der Waals surface area contributed by atoms with E-state index in [1.807, 2.05) is 30.3 Å². The molecule has 0 bridgehead atoms. The molecule has 0 radical (unpaired) electrons. The van der Waals surface area contributed by atoms with Crippen LogP contribution in [0.15, 0.2) is 59.5 Å². The van der Waals surface area contributed by atoms with Gasteiger partial charge in [-0.1, -0.05) is 60.4 Å². The summed E-state index contributed by atoms with van der Waals surface area (Å²) in [7, 11) is 0. The van der Waals surface area contributed by atoms with Gasteiger partial charge in [-0.15, -0.1) is 11.8 Å². The van der Waals surface area contributed by atoms with Crippen molar-refractivity contribution in [2.24, 2.45) is 0 Å². The fourth-order valence-corrected chi connectivity index (χ4v) is 3.73. The number of benzene rings is 2. The molecule has 0 saturated heterocycles. The maximum Gasteiger partial charge on any atom is 0.273 e. The fourth-order valence-electron chi connectivity index (χ4n) is 1.56. The average molecular weight is 321 g/mol. The predicted octanol–water partition coefficient (Wildman–Crippen LogP) is 4.91. The summed E-state index contributed by atoms with van der Waals surface area (Å²) in [5, 5.41) is 10.9. The van der Waals surface area contributed by atoms with E-state index in [1.165, 1.54) is 29.6 Å². The van der Waals surface area contributed by atoms with Crippen molar-refractivity contribution >= 4 is 45.0 Å². The molecule has 0 unspecified atom stereocenters. The molecule has 2 aromatic carbocycles. The highest BCUT2D eigenvalue weighted by molar-refractivity contribution is 8.46. The Bertz CT molecular complexity index is 617. The van der Waals surface area contributed by atoms with Crippen LogP contribution in [-0.2, 0) is 5.75 Å². The summed E-state index contributed by atoms with van der Waals surface area (Å²) in [6.07, 6.45) is 0. The minimum atomic E-state index is -0.358. The standard InChI is InChI=1S/C14H11NO2S3/c16-15(17)13-9-5-4-6-11(13)10-19-14(18)20-12-7-2-1-3-8-12/h1-9H,10H2. The van der Waals surface area contributed by atoms with Crippen molar-refractivity contribution < 1.29 is 4.92 Å². The third kappa shape index (κ3) is 4.33. The number of nitrogens with zero attached hydrogens (tertiary/aromatic N) is 1. The van der Waals surface area contributed by atoms with Crippen LogP contribution in [0, 0.1) is 10.1 Å². The molecule has 0 N–H and O–H groups in total. The molecule has 0 amide bonds. The van der Waals surface area contributed by atoms with E-state index >= 15 is 0 Å². The molecule has 2 aromatic rings. The lowest BCUT2D eigenvalue weighted by Crippen LogP contribution is -1.94. The topological polar surface area (TPSA) is 43.1 Å². The lowest BCUT2D eigenvalue weighted by Gasteiger charge is -2.04. The highest BCUT2D eigenvalue weighted by Gasteiger charge is 2.13. The molecule has 3 nitrogen and oxygen atoms in total. The maximum absolute atomic E-state index is 10.9. The molecule has 0 aliphatic carbocycles. The van der Waals surface area contributed by atoms with Crippen LogP contribution in [0.5, 0.6) is 0 Å². The normalized spacial score (nSPS) is 10.2. The summed E-state index contributed by atoms with van der Waals surface area (Å²) >= 11 is 8.25. The van der Waals surface area contributed by atoms with Gasteiger partial charge in [-0.05, 0) is 12.1 Å². The minimum absolute atomic E-state index is 0.146. The van der Waals surface area contributed by atoms with Crippen LogP contribution in [0.25, 0.3) is 0 Å². The van der Waals surface area contributed by atoms with Gasteiger partial charge in [0.05, 0.1) is 4.92 Å². The van der Waals surface area contributed by atoms with Crippen LogP contribution in [0.3, 0.4) is 0 Å². The molecule has 0 heterocycles. The number of nitro benzene ring substituents is 1. The second-order valence-electron chi connectivity index (χ2n) is 3.84. The van der Waals surface area contributed by atoms with E-state index in [0.717, 1.165) is 8.42 Å². The third-order valence-corrected chi connectivity index (χ3v) is 5.05. The third-order valence-electron chi connectivity index (χ3n) is 2.48. The van der Waals surface area contributed by atoms with Crippen LogP contribution >= 0.6 is 35.7 Å². The lowest BCUT2D eigenvalue weighted by molar-refractivity contribution is -0.385. The first-order valence-corrected chi connectivity index (χ1v) is 8.00. The van der Waals surface area contributed by atoms with Crippen molar-refractivity contribution in [3.8, 4) is 0 Å². The summed E-state index contributed by atoms with van der Waals surface area (Å²) in [6, 6.07) is 16.6. The molecule has 0 saturated carbocycles. The Morgan fingerprint density at radius 1 is 1.10 bits per heavy atom. The summed E-state index contributed by atoms with van der Waals surface area (Å²) in [5.41, 5.74) is 0.839. The Morgan fingerprint density at radius 3 is 2.45 bits per heavy atom. The fraction of sp³-hybridized carbons (Fsp3) is 0.0714. The van der Waals surface area contributed by atoms with Crippen LogP contribution < -0.4 is 0 Å². The molecule has 0 aliphatic heterocycles. The number of nitro groups is 1.